The molecule has 1 aromatic carbocycles. The molecule has 76 valence electrons. The molecule has 0 heterocycles. The van der Waals surface area contributed by atoms with E-state index in [-0.39, 0.29) is 11.9 Å². The van der Waals surface area contributed by atoms with Crippen molar-refractivity contribution in [1.82, 2.24) is 5.32 Å². The zero-order valence-electron chi connectivity index (χ0n) is 8.22. The third kappa shape index (κ3) is 3.24. The Morgan fingerprint density at radius 2 is 2.21 bits per heavy atom. The smallest absolute Gasteiger partial charge is 0.131 e. The Hall–Kier alpha value is -0.670. The zero-order valence-corrected chi connectivity index (χ0v) is 9.81. The maximum absolute atomic E-state index is 13.3. The van der Waals surface area contributed by atoms with Gasteiger partial charge >= 0.3 is 0 Å². The lowest BCUT2D eigenvalue weighted by atomic mass is 10.1. The molecule has 1 unspecified atom stereocenters. The lowest BCUT2D eigenvalue weighted by Gasteiger charge is -2.03. The van der Waals surface area contributed by atoms with E-state index in [4.69, 9.17) is 0 Å². The van der Waals surface area contributed by atoms with E-state index in [1.807, 2.05) is 26.1 Å². The fraction of sp³-hybridized carbons (Fsp3) is 0.273. The minimum Gasteiger partial charge on any atom is -0.314 e. The van der Waals surface area contributed by atoms with Crippen molar-refractivity contribution in [3.8, 4) is 0 Å². The molecule has 1 nitrogen and oxygen atoms in total. The van der Waals surface area contributed by atoms with E-state index in [0.29, 0.717) is 5.56 Å². The van der Waals surface area contributed by atoms with Gasteiger partial charge in [-0.1, -0.05) is 34.1 Å². The van der Waals surface area contributed by atoms with Gasteiger partial charge in [0, 0.05) is 16.1 Å². The summed E-state index contributed by atoms with van der Waals surface area (Å²) in [6.07, 6.45) is 3.70. The van der Waals surface area contributed by atoms with Crippen molar-refractivity contribution in [3.05, 3.63) is 40.1 Å². The second kappa shape index (κ2) is 5.27. The molecule has 0 radical (unpaired) electrons. The molecule has 14 heavy (non-hydrogen) atoms. The number of rotatable bonds is 3. The molecular weight excluding hydrogens is 245 g/mol. The molecular formula is C11H13BrFN. The third-order valence-electron chi connectivity index (χ3n) is 1.98. The van der Waals surface area contributed by atoms with Gasteiger partial charge in [-0.05, 0) is 26.1 Å². The summed E-state index contributed by atoms with van der Waals surface area (Å²) < 4.78 is 14.1. The minimum atomic E-state index is -0.209. The Balaban J connectivity index is 2.82. The Kier molecular flexibility index (Phi) is 4.29. The fourth-order valence-corrected chi connectivity index (χ4v) is 1.31. The predicted octanol–water partition coefficient (Wildman–Crippen LogP) is 3.21. The Morgan fingerprint density at radius 3 is 2.79 bits per heavy atom. The summed E-state index contributed by atoms with van der Waals surface area (Å²) in [4.78, 5) is 0. The number of nitrogens with one attached hydrogen (secondary N) is 1. The molecule has 0 aliphatic heterocycles. The minimum absolute atomic E-state index is 0.209. The van der Waals surface area contributed by atoms with Crippen LogP contribution in [0.3, 0.4) is 0 Å². The molecule has 1 atom stereocenters. The zero-order chi connectivity index (χ0) is 10.6. The van der Waals surface area contributed by atoms with Crippen molar-refractivity contribution in [1.29, 1.82) is 0 Å². The van der Waals surface area contributed by atoms with Gasteiger partial charge in [-0.3, -0.25) is 0 Å². The number of halogens is 2. The first-order valence-corrected chi connectivity index (χ1v) is 5.23. The monoisotopic (exact) mass is 257 g/mol. The molecule has 0 spiro atoms. The quantitative estimate of drug-likeness (QED) is 0.877. The van der Waals surface area contributed by atoms with Crippen molar-refractivity contribution in [2.75, 3.05) is 7.05 Å². The topological polar surface area (TPSA) is 12.0 Å². The van der Waals surface area contributed by atoms with E-state index >= 15 is 0 Å². The first-order valence-electron chi connectivity index (χ1n) is 4.44. The summed E-state index contributed by atoms with van der Waals surface area (Å²) in [5.41, 5.74) is 0.607. The molecule has 0 aromatic heterocycles. The van der Waals surface area contributed by atoms with Crippen LogP contribution in [0.4, 0.5) is 4.39 Å². The summed E-state index contributed by atoms with van der Waals surface area (Å²) >= 11 is 3.21. The van der Waals surface area contributed by atoms with Crippen molar-refractivity contribution in [2.24, 2.45) is 0 Å². The molecule has 0 saturated heterocycles. The Bertz CT molecular complexity index is 336. The highest BCUT2D eigenvalue weighted by Crippen LogP contribution is 2.16. The third-order valence-corrected chi connectivity index (χ3v) is 2.48. The van der Waals surface area contributed by atoms with Gasteiger partial charge in [0.25, 0.3) is 0 Å². The maximum Gasteiger partial charge on any atom is 0.131 e. The van der Waals surface area contributed by atoms with Crippen molar-refractivity contribution in [3.63, 3.8) is 0 Å². The second-order valence-electron chi connectivity index (χ2n) is 3.10. The van der Waals surface area contributed by atoms with Crippen LogP contribution in [0.2, 0.25) is 0 Å². The van der Waals surface area contributed by atoms with E-state index in [1.165, 1.54) is 6.07 Å². The molecule has 0 fully saturated rings. The van der Waals surface area contributed by atoms with Gasteiger partial charge in [0.15, 0.2) is 0 Å². The average Bonchev–Trinajstić information content (AvgIpc) is 2.16. The first kappa shape index (κ1) is 11.4. The predicted molar refractivity (Wildman–Crippen MR) is 61.7 cm³/mol. The highest BCUT2D eigenvalue weighted by molar-refractivity contribution is 9.10. The van der Waals surface area contributed by atoms with Crippen LogP contribution < -0.4 is 5.32 Å². The van der Waals surface area contributed by atoms with Crippen LogP contribution in [0.1, 0.15) is 12.5 Å². The fourth-order valence-electron chi connectivity index (χ4n) is 0.981. The average molecular weight is 258 g/mol. The molecule has 0 aliphatic carbocycles. The number of hydrogen-bond acceptors (Lipinski definition) is 1. The molecule has 0 aliphatic rings. The Labute approximate surface area is 92.1 Å². The molecule has 1 N–H and O–H groups in total. The van der Waals surface area contributed by atoms with Crippen molar-refractivity contribution in [2.45, 2.75) is 13.0 Å². The van der Waals surface area contributed by atoms with Gasteiger partial charge < -0.3 is 5.32 Å². The molecule has 0 bridgehead atoms. The number of likely N-dealkylation sites (N-methyl/N-ethyl adjacent to an activating group) is 1. The van der Waals surface area contributed by atoms with E-state index in [2.05, 4.69) is 21.2 Å². The molecule has 1 aromatic rings. The van der Waals surface area contributed by atoms with E-state index in [0.717, 1.165) is 4.47 Å². The van der Waals surface area contributed by atoms with Crippen molar-refractivity contribution < 1.29 is 4.39 Å². The van der Waals surface area contributed by atoms with Crippen LogP contribution in [-0.2, 0) is 0 Å². The molecule has 1 rings (SSSR count). The van der Waals surface area contributed by atoms with Gasteiger partial charge in [0.1, 0.15) is 5.82 Å². The summed E-state index contributed by atoms with van der Waals surface area (Å²) in [5.74, 6) is -0.209. The summed E-state index contributed by atoms with van der Waals surface area (Å²) in [6, 6.07) is 5.28. The highest BCUT2D eigenvalue weighted by Gasteiger charge is 1.99. The first-order chi connectivity index (χ1) is 6.63. The van der Waals surface area contributed by atoms with Crippen LogP contribution in [0.5, 0.6) is 0 Å². The lowest BCUT2D eigenvalue weighted by molar-refractivity contribution is 0.624. The van der Waals surface area contributed by atoms with Gasteiger partial charge in [-0.2, -0.15) is 0 Å². The lowest BCUT2D eigenvalue weighted by Crippen LogP contribution is -2.17. The Morgan fingerprint density at radius 1 is 1.50 bits per heavy atom. The normalized spacial score (nSPS) is 13.4. The van der Waals surface area contributed by atoms with Crippen LogP contribution in [0, 0.1) is 5.82 Å². The number of benzene rings is 1. The SMILES string of the molecule is CNC(C)/C=C/c1ccc(Br)cc1F. The summed E-state index contributed by atoms with van der Waals surface area (Å²) in [7, 11) is 1.87. The molecule has 0 saturated carbocycles. The van der Waals surface area contributed by atoms with Gasteiger partial charge in [-0.25, -0.2) is 4.39 Å². The summed E-state index contributed by atoms with van der Waals surface area (Å²) in [5, 5.41) is 3.05. The maximum atomic E-state index is 13.3. The van der Waals surface area contributed by atoms with Gasteiger partial charge in [0.05, 0.1) is 0 Å². The second-order valence-corrected chi connectivity index (χ2v) is 4.02. The van der Waals surface area contributed by atoms with Crippen LogP contribution in [0.15, 0.2) is 28.7 Å². The van der Waals surface area contributed by atoms with E-state index < -0.39 is 0 Å². The largest absolute Gasteiger partial charge is 0.314 e. The van der Waals surface area contributed by atoms with Crippen molar-refractivity contribution >= 4 is 22.0 Å². The molecule has 0 amide bonds. The van der Waals surface area contributed by atoms with Gasteiger partial charge in [0.2, 0.25) is 0 Å². The highest BCUT2D eigenvalue weighted by atomic mass is 79.9. The summed E-state index contributed by atoms with van der Waals surface area (Å²) in [6.45, 7) is 2.01. The number of hydrogen-bond donors (Lipinski definition) is 1. The van der Waals surface area contributed by atoms with Crippen LogP contribution in [0.25, 0.3) is 6.08 Å². The van der Waals surface area contributed by atoms with Crippen LogP contribution >= 0.6 is 15.9 Å². The van der Waals surface area contributed by atoms with Crippen LogP contribution in [-0.4, -0.2) is 13.1 Å². The molecule has 3 heteroatoms. The van der Waals surface area contributed by atoms with E-state index in [9.17, 15) is 4.39 Å². The standard InChI is InChI=1S/C11H13BrFN/c1-8(14-2)3-4-9-5-6-10(12)7-11(9)13/h3-8,14H,1-2H3/b4-3+. The van der Waals surface area contributed by atoms with E-state index in [1.54, 1.807) is 12.1 Å². The van der Waals surface area contributed by atoms with Gasteiger partial charge in [-0.15, -0.1) is 0 Å².